The number of aromatic nitrogens is 1. The zero-order valence-electron chi connectivity index (χ0n) is 14.4. The average molecular weight is 418 g/mol. The van der Waals surface area contributed by atoms with Gasteiger partial charge in [-0.25, -0.2) is 14.6 Å². The summed E-state index contributed by atoms with van der Waals surface area (Å²) >= 11 is 11.7. The van der Waals surface area contributed by atoms with E-state index < -0.39 is 12.2 Å². The maximum atomic E-state index is 11.3. The van der Waals surface area contributed by atoms with Gasteiger partial charge >= 0.3 is 12.2 Å². The van der Waals surface area contributed by atoms with Crippen LogP contribution in [0.5, 0.6) is 0 Å². The first-order valence-electron chi connectivity index (χ1n) is 7.34. The highest BCUT2D eigenvalue weighted by atomic mass is 32.2. The predicted octanol–water partition coefficient (Wildman–Crippen LogP) is 2.69. The fraction of sp³-hybridized carbons (Fsp3) is 0.357. The quantitative estimate of drug-likeness (QED) is 0.421. The number of anilines is 2. The van der Waals surface area contributed by atoms with Gasteiger partial charge in [-0.05, 0) is 42.7 Å². The minimum Gasteiger partial charge on any atom is -0.453 e. The molecule has 1 heterocycles. The molecule has 142 valence electrons. The Kier molecular flexibility index (Phi) is 9.62. The summed E-state index contributed by atoms with van der Waals surface area (Å²) in [6.07, 6.45) is 1.24. The van der Waals surface area contributed by atoms with Crippen molar-refractivity contribution in [2.24, 2.45) is 0 Å². The number of carbonyl (C=O) groups is 2. The maximum Gasteiger partial charge on any atom is 0.413 e. The second-order valence-electron chi connectivity index (χ2n) is 4.56. The number of carbonyl (C=O) groups excluding carboxylic acids is 2. The molecule has 1 rings (SSSR count). The summed E-state index contributed by atoms with van der Waals surface area (Å²) < 4.78 is 8.97. The molecule has 0 fully saturated rings. The normalized spacial score (nSPS) is 9.65. The average Bonchev–Trinajstić information content (AvgIpc) is 2.61. The number of amides is 2. The third-order valence-corrected chi connectivity index (χ3v) is 4.19. The number of rotatable bonds is 5. The number of hydrogen-bond acceptors (Lipinski definition) is 8. The highest BCUT2D eigenvalue weighted by Gasteiger charge is 2.12. The molecule has 1 aromatic heterocycles. The molecule has 0 spiro atoms. The van der Waals surface area contributed by atoms with Crippen LogP contribution in [-0.4, -0.2) is 47.4 Å². The van der Waals surface area contributed by atoms with E-state index in [2.05, 4.69) is 42.6 Å². The fourth-order valence-corrected chi connectivity index (χ4v) is 2.66. The third-order valence-electron chi connectivity index (χ3n) is 2.62. The van der Waals surface area contributed by atoms with Crippen molar-refractivity contribution in [3.8, 4) is 0 Å². The largest absolute Gasteiger partial charge is 0.453 e. The number of nitrogens with zero attached hydrogens (tertiary/aromatic N) is 1. The van der Waals surface area contributed by atoms with Crippen molar-refractivity contribution >= 4 is 70.1 Å². The summed E-state index contributed by atoms with van der Waals surface area (Å²) in [6.45, 7) is 2.07. The van der Waals surface area contributed by atoms with Crippen molar-refractivity contribution in [3.05, 3.63) is 12.3 Å². The fourth-order valence-electron chi connectivity index (χ4n) is 1.52. The molecule has 0 aliphatic heterocycles. The van der Waals surface area contributed by atoms with Gasteiger partial charge in [-0.2, -0.15) is 0 Å². The van der Waals surface area contributed by atoms with Gasteiger partial charge in [0.25, 0.3) is 0 Å². The molecule has 0 aliphatic carbocycles. The lowest BCUT2D eigenvalue weighted by Gasteiger charge is -2.15. The molecule has 0 atom stereocenters. The number of methoxy groups -OCH3 is 2. The molecule has 0 saturated heterocycles. The van der Waals surface area contributed by atoms with Crippen molar-refractivity contribution in [2.45, 2.75) is 18.2 Å². The number of thiocarbonyl (C=S) groups is 2. The summed E-state index contributed by atoms with van der Waals surface area (Å²) in [5.41, 5.74) is 0.460. The van der Waals surface area contributed by atoms with Gasteiger partial charge in [-0.1, -0.05) is 6.92 Å². The zero-order chi connectivity index (χ0) is 19.5. The van der Waals surface area contributed by atoms with E-state index in [-0.39, 0.29) is 10.2 Å². The summed E-state index contributed by atoms with van der Waals surface area (Å²) in [4.78, 5) is 27.7. The molecule has 26 heavy (non-hydrogen) atoms. The van der Waals surface area contributed by atoms with E-state index in [1.165, 1.54) is 14.2 Å². The van der Waals surface area contributed by atoms with Gasteiger partial charge in [0, 0.05) is 11.1 Å². The maximum absolute atomic E-state index is 11.3. The summed E-state index contributed by atoms with van der Waals surface area (Å²) in [5.74, 6) is 1.22. The van der Waals surface area contributed by atoms with Crippen molar-refractivity contribution in [1.82, 2.24) is 15.6 Å². The van der Waals surface area contributed by atoms with Crippen LogP contribution in [0.25, 0.3) is 0 Å². The minimum absolute atomic E-state index is 0.00629. The molecular weight excluding hydrogens is 398 g/mol. The van der Waals surface area contributed by atoms with Crippen LogP contribution in [0.4, 0.5) is 21.1 Å². The molecular formula is C14H19N5O4S3. The molecule has 4 N–H and O–H groups in total. The number of ether oxygens (including phenoxy) is 2. The molecule has 0 bridgehead atoms. The van der Waals surface area contributed by atoms with Crippen molar-refractivity contribution in [2.75, 3.05) is 30.6 Å². The SMILES string of the molecule is CCCSc1cnc(NC(=S)NC(=O)OC)c(NC(=S)NC(=O)OC)c1. The Balaban J connectivity index is 2.95. The number of thioether (sulfide) groups is 1. The number of alkyl carbamates (subject to hydrolysis) is 2. The van der Waals surface area contributed by atoms with Crippen LogP contribution in [0, 0.1) is 0 Å². The Morgan fingerprint density at radius 2 is 1.69 bits per heavy atom. The van der Waals surface area contributed by atoms with Crippen LogP contribution in [0.15, 0.2) is 17.2 Å². The van der Waals surface area contributed by atoms with Gasteiger partial charge in [-0.3, -0.25) is 10.6 Å². The van der Waals surface area contributed by atoms with Gasteiger partial charge in [0.1, 0.15) is 0 Å². The second-order valence-corrected chi connectivity index (χ2v) is 6.54. The molecule has 0 saturated carbocycles. The van der Waals surface area contributed by atoms with E-state index in [1.54, 1.807) is 24.0 Å². The summed E-state index contributed by atoms with van der Waals surface area (Å²) in [5, 5.41) is 10.3. The van der Waals surface area contributed by atoms with E-state index >= 15 is 0 Å². The molecule has 0 aliphatic rings. The summed E-state index contributed by atoms with van der Waals surface area (Å²) in [6, 6.07) is 1.79. The Bertz CT molecular complexity index is 687. The first kappa shape index (κ1) is 21.9. The Hall–Kier alpha value is -2.18. The summed E-state index contributed by atoms with van der Waals surface area (Å²) in [7, 11) is 2.45. The van der Waals surface area contributed by atoms with Gasteiger partial charge in [0.2, 0.25) is 0 Å². The lowest BCUT2D eigenvalue weighted by atomic mass is 10.4. The van der Waals surface area contributed by atoms with Crippen LogP contribution in [0.2, 0.25) is 0 Å². The minimum atomic E-state index is -0.713. The van der Waals surface area contributed by atoms with E-state index in [1.807, 2.05) is 0 Å². The highest BCUT2D eigenvalue weighted by molar-refractivity contribution is 7.99. The monoisotopic (exact) mass is 417 g/mol. The topological polar surface area (TPSA) is 114 Å². The van der Waals surface area contributed by atoms with Crippen LogP contribution >= 0.6 is 36.2 Å². The molecule has 1 aromatic rings. The lowest BCUT2D eigenvalue weighted by molar-refractivity contribution is 0.176. The van der Waals surface area contributed by atoms with Crippen LogP contribution in [0.3, 0.4) is 0 Å². The first-order valence-corrected chi connectivity index (χ1v) is 9.14. The second kappa shape index (κ2) is 11.4. The van der Waals surface area contributed by atoms with Gasteiger partial charge < -0.3 is 20.1 Å². The standard InChI is InChI=1S/C14H19N5O4S3/c1-4-5-26-8-6-9(16-11(24)18-13(20)22-2)10(15-7-8)17-12(25)19-14(21)23-3/h6-7H,4-5H2,1-3H3,(H2,16,18,20,24)(H2,15,17,19,21,25). The Labute approximate surface area is 166 Å². The molecule has 0 aromatic carbocycles. The molecule has 12 heteroatoms. The van der Waals surface area contributed by atoms with Gasteiger partial charge in [0.05, 0.1) is 19.9 Å². The van der Waals surface area contributed by atoms with E-state index in [0.29, 0.717) is 11.5 Å². The zero-order valence-corrected chi connectivity index (χ0v) is 16.8. The molecule has 0 radical (unpaired) electrons. The lowest BCUT2D eigenvalue weighted by Crippen LogP contribution is -2.36. The van der Waals surface area contributed by atoms with Crippen LogP contribution < -0.4 is 21.3 Å². The van der Waals surface area contributed by atoms with Crippen molar-refractivity contribution in [3.63, 3.8) is 0 Å². The third kappa shape index (κ3) is 7.80. The molecule has 9 nitrogen and oxygen atoms in total. The first-order chi connectivity index (χ1) is 12.4. The van der Waals surface area contributed by atoms with Crippen LogP contribution in [0.1, 0.15) is 13.3 Å². The van der Waals surface area contributed by atoms with Crippen molar-refractivity contribution in [1.29, 1.82) is 0 Å². The van der Waals surface area contributed by atoms with Gasteiger partial charge in [-0.15, -0.1) is 11.8 Å². The van der Waals surface area contributed by atoms with E-state index in [0.717, 1.165) is 17.1 Å². The molecule has 0 unspecified atom stereocenters. The number of hydrogen-bond donors (Lipinski definition) is 4. The number of nitrogens with one attached hydrogen (secondary N) is 4. The number of pyridine rings is 1. The molecule has 2 amide bonds. The smallest absolute Gasteiger partial charge is 0.413 e. The van der Waals surface area contributed by atoms with Gasteiger partial charge in [0.15, 0.2) is 16.0 Å². The van der Waals surface area contributed by atoms with E-state index in [9.17, 15) is 9.59 Å². The Morgan fingerprint density at radius 1 is 1.12 bits per heavy atom. The highest BCUT2D eigenvalue weighted by Crippen LogP contribution is 2.26. The van der Waals surface area contributed by atoms with Crippen molar-refractivity contribution < 1.29 is 19.1 Å². The van der Waals surface area contributed by atoms with Crippen LogP contribution in [-0.2, 0) is 9.47 Å². The van der Waals surface area contributed by atoms with E-state index in [4.69, 9.17) is 24.4 Å². The Morgan fingerprint density at radius 3 is 2.23 bits per heavy atom. The predicted molar refractivity (Wildman–Crippen MR) is 109 cm³/mol.